The second kappa shape index (κ2) is 16.9. The van der Waals surface area contributed by atoms with Gasteiger partial charge in [0.1, 0.15) is 17.6 Å². The number of hydrogen-bond acceptors (Lipinski definition) is 10. The fourth-order valence-electron chi connectivity index (χ4n) is 5.68. The minimum absolute atomic E-state index is 0.0831. The average molecular weight is 652 g/mol. The predicted molar refractivity (Wildman–Crippen MR) is 175 cm³/mol. The molecule has 1 aromatic heterocycles. The molecule has 0 spiro atoms. The minimum Gasteiger partial charge on any atom is -0.464 e. The molecule has 2 heterocycles. The average Bonchev–Trinajstić information content (AvgIpc) is 3.56. The normalized spacial score (nSPS) is 29.7. The number of primary amides is 1. The van der Waals surface area contributed by atoms with Crippen molar-refractivity contribution < 1.29 is 42.9 Å². The summed E-state index contributed by atoms with van der Waals surface area (Å²) in [6, 6.07) is 3.12. The number of furan rings is 1. The van der Waals surface area contributed by atoms with E-state index in [-0.39, 0.29) is 52.8 Å². The van der Waals surface area contributed by atoms with Crippen molar-refractivity contribution in [2.45, 2.75) is 65.0 Å². The number of ether oxygens (including phenoxy) is 3. The van der Waals surface area contributed by atoms with E-state index in [1.54, 1.807) is 51.1 Å². The van der Waals surface area contributed by atoms with E-state index < -0.39 is 53.9 Å². The van der Waals surface area contributed by atoms with Crippen molar-refractivity contribution in [2.24, 2.45) is 17.6 Å². The zero-order chi connectivity index (χ0) is 34.8. The van der Waals surface area contributed by atoms with Crippen molar-refractivity contribution in [3.63, 3.8) is 0 Å². The predicted octanol–water partition coefficient (Wildman–Crippen LogP) is 3.66. The van der Waals surface area contributed by atoms with E-state index in [1.165, 1.54) is 32.6 Å². The number of ketones is 2. The smallest absolute Gasteiger partial charge is 0.405 e. The number of aliphatic hydroxyl groups is 1. The number of nitrogens with two attached hydrogens (primary N) is 1. The highest BCUT2D eigenvalue weighted by Crippen LogP contribution is 2.34. The van der Waals surface area contributed by atoms with Crippen LogP contribution in [0.1, 0.15) is 46.3 Å². The first-order valence-corrected chi connectivity index (χ1v) is 15.3. The Balaban J connectivity index is 2.21. The van der Waals surface area contributed by atoms with Gasteiger partial charge in [-0.2, -0.15) is 0 Å². The molecule has 1 aliphatic heterocycles. The Bertz CT molecular complexity index is 1500. The Morgan fingerprint density at radius 2 is 1.91 bits per heavy atom. The molecule has 0 fully saturated rings. The first-order chi connectivity index (χ1) is 22.3. The number of nitrogens with one attached hydrogen (secondary N) is 2. The molecule has 0 aromatic carbocycles. The summed E-state index contributed by atoms with van der Waals surface area (Å²) in [6.45, 7) is 10.9. The summed E-state index contributed by atoms with van der Waals surface area (Å²) in [7, 11) is 2.91. The van der Waals surface area contributed by atoms with E-state index >= 15 is 0 Å². The number of amides is 2. The van der Waals surface area contributed by atoms with Crippen LogP contribution in [0.2, 0.25) is 0 Å². The molecule has 254 valence electrons. The Labute approximate surface area is 275 Å². The van der Waals surface area contributed by atoms with Gasteiger partial charge in [-0.25, -0.2) is 4.79 Å². The zero-order valence-corrected chi connectivity index (χ0v) is 27.7. The Morgan fingerprint density at radius 1 is 1.19 bits per heavy atom. The molecule has 6 atom stereocenters. The van der Waals surface area contributed by atoms with Crippen LogP contribution in [0.5, 0.6) is 0 Å². The number of carbonyl (C=O) groups is 4. The van der Waals surface area contributed by atoms with Gasteiger partial charge in [-0.15, -0.1) is 6.58 Å². The monoisotopic (exact) mass is 651 g/mol. The van der Waals surface area contributed by atoms with E-state index in [0.717, 1.165) is 0 Å². The first-order valence-electron chi connectivity index (χ1n) is 15.3. The zero-order valence-electron chi connectivity index (χ0n) is 27.7. The molecule has 0 saturated carbocycles. The van der Waals surface area contributed by atoms with E-state index in [4.69, 9.17) is 24.4 Å². The lowest BCUT2D eigenvalue weighted by atomic mass is 9.82. The summed E-state index contributed by atoms with van der Waals surface area (Å²) in [5, 5.41) is 17.0. The molecule has 2 amide bonds. The van der Waals surface area contributed by atoms with Crippen LogP contribution in [0.4, 0.5) is 4.79 Å². The molecule has 5 N–H and O–H groups in total. The van der Waals surface area contributed by atoms with Crippen molar-refractivity contribution in [1.29, 1.82) is 0 Å². The van der Waals surface area contributed by atoms with Crippen LogP contribution in [0.15, 0.2) is 87.9 Å². The maximum absolute atomic E-state index is 14.2. The van der Waals surface area contributed by atoms with Crippen LogP contribution in [-0.2, 0) is 28.6 Å². The van der Waals surface area contributed by atoms with Crippen molar-refractivity contribution in [3.05, 3.63) is 89.2 Å². The summed E-state index contributed by atoms with van der Waals surface area (Å²) < 4.78 is 22.2. The number of aliphatic hydroxyl groups excluding tert-OH is 1. The van der Waals surface area contributed by atoms with Gasteiger partial charge in [-0.05, 0) is 50.3 Å². The summed E-state index contributed by atoms with van der Waals surface area (Å²) in [5.74, 6) is -2.31. The molecule has 3 rings (SSSR count). The van der Waals surface area contributed by atoms with E-state index in [1.807, 2.05) is 6.92 Å². The van der Waals surface area contributed by atoms with Gasteiger partial charge in [-0.1, -0.05) is 44.2 Å². The second-order valence-electron chi connectivity index (χ2n) is 11.7. The SMILES string of the molecule is C=CCNC1=C2C[C@@H](C)C[C@H](OC)[C@H](O)[C@@H](C)/C=C(/C)[C@H](OC(N)=O)[C@@H](OC)/C=C\C=C(\C)C(=O)NC(=C(c3ccco3)C1=O)C2=O. The van der Waals surface area contributed by atoms with Gasteiger partial charge >= 0.3 is 6.09 Å². The van der Waals surface area contributed by atoms with Crippen LogP contribution in [-0.4, -0.2) is 73.9 Å². The van der Waals surface area contributed by atoms with Crippen molar-refractivity contribution in [2.75, 3.05) is 20.8 Å². The summed E-state index contributed by atoms with van der Waals surface area (Å²) in [6.07, 6.45) is 5.33. The molecule has 2 aliphatic rings. The molecular weight excluding hydrogens is 606 g/mol. The molecule has 12 nitrogen and oxygen atoms in total. The van der Waals surface area contributed by atoms with Crippen LogP contribution < -0.4 is 16.4 Å². The first kappa shape index (κ1) is 36.9. The third kappa shape index (κ3) is 9.06. The molecule has 1 aromatic rings. The summed E-state index contributed by atoms with van der Waals surface area (Å²) in [4.78, 5) is 53.5. The highest BCUT2D eigenvalue weighted by atomic mass is 16.6. The maximum Gasteiger partial charge on any atom is 0.405 e. The Kier molecular flexibility index (Phi) is 13.3. The van der Waals surface area contributed by atoms with Crippen molar-refractivity contribution >= 4 is 29.1 Å². The lowest BCUT2D eigenvalue weighted by Crippen LogP contribution is -2.39. The quantitative estimate of drug-likeness (QED) is 0.251. The summed E-state index contributed by atoms with van der Waals surface area (Å²) in [5.41, 5.74) is 6.12. The van der Waals surface area contributed by atoms with Crippen molar-refractivity contribution in [1.82, 2.24) is 10.6 Å². The van der Waals surface area contributed by atoms with Gasteiger partial charge in [0.05, 0.1) is 29.7 Å². The van der Waals surface area contributed by atoms with Gasteiger partial charge in [-0.3, -0.25) is 14.4 Å². The maximum atomic E-state index is 14.2. The van der Waals surface area contributed by atoms with E-state index in [0.29, 0.717) is 12.0 Å². The number of hydrogen-bond donors (Lipinski definition) is 4. The van der Waals surface area contributed by atoms with Crippen LogP contribution >= 0.6 is 0 Å². The van der Waals surface area contributed by atoms with Gasteiger partial charge in [0.2, 0.25) is 11.6 Å². The number of rotatable bonds is 7. The summed E-state index contributed by atoms with van der Waals surface area (Å²) >= 11 is 0. The number of carbonyl (C=O) groups excluding carboxylic acids is 4. The fourth-order valence-corrected chi connectivity index (χ4v) is 5.68. The van der Waals surface area contributed by atoms with Crippen LogP contribution in [0.25, 0.3) is 5.57 Å². The standard InChI is InChI=1S/C35H45N3O9/c1-8-14-37-28-23-16-19(2)17-26(45-7)30(39)21(4)18-22(5)33(47-35(36)43)25(44-6)12-9-11-20(3)34(42)38-29(31(23)40)27(32(28)41)24-13-10-15-46-24/h8-13,15,18-19,21,25-26,30,33,37,39H,1,14,16-17H2,2-7H3,(H2,36,43)(H,38,42)/b12-9-,20-11-,22-18-/t19-,21+,25+,26+,30-,33+/m1/s1. The Morgan fingerprint density at radius 3 is 2.51 bits per heavy atom. The highest BCUT2D eigenvalue weighted by Gasteiger charge is 2.38. The molecule has 1 aliphatic carbocycles. The third-order valence-corrected chi connectivity index (χ3v) is 8.14. The molecule has 0 saturated heterocycles. The molecule has 0 unspecified atom stereocenters. The molecule has 12 heteroatoms. The van der Waals surface area contributed by atoms with Gasteiger partial charge in [0.25, 0.3) is 5.91 Å². The van der Waals surface area contributed by atoms with E-state index in [2.05, 4.69) is 17.2 Å². The number of fused-ring (bicyclic) bond motifs is 2. The lowest BCUT2D eigenvalue weighted by Gasteiger charge is -2.30. The van der Waals surface area contributed by atoms with Gasteiger partial charge < -0.3 is 40.1 Å². The van der Waals surface area contributed by atoms with Gasteiger partial charge in [0.15, 0.2) is 6.10 Å². The number of methoxy groups -OCH3 is 2. The highest BCUT2D eigenvalue weighted by molar-refractivity contribution is 6.39. The number of allylic oxidation sites excluding steroid dienone is 4. The molecular formula is C35H45N3O9. The van der Waals surface area contributed by atoms with Gasteiger partial charge in [0, 0.05) is 37.8 Å². The molecule has 47 heavy (non-hydrogen) atoms. The van der Waals surface area contributed by atoms with Crippen molar-refractivity contribution in [3.8, 4) is 0 Å². The minimum atomic E-state index is -1.01. The topological polar surface area (TPSA) is 179 Å². The van der Waals surface area contributed by atoms with Crippen LogP contribution in [0, 0.1) is 11.8 Å². The number of Topliss-reactive ketones (excluding diaryl/α,β-unsaturated/α-hetero) is 2. The third-order valence-electron chi connectivity index (χ3n) is 8.14. The second-order valence-corrected chi connectivity index (χ2v) is 11.7. The molecule has 0 radical (unpaired) electrons. The Hall–Kier alpha value is -4.52. The molecule has 2 bridgehead atoms. The van der Waals surface area contributed by atoms with Crippen LogP contribution in [0.3, 0.4) is 0 Å². The largest absolute Gasteiger partial charge is 0.464 e. The van der Waals surface area contributed by atoms with E-state index in [9.17, 15) is 24.3 Å². The fraction of sp³-hybridized carbons (Fsp3) is 0.429. The lowest BCUT2D eigenvalue weighted by molar-refractivity contribution is -0.120.